The molecule has 1 unspecified atom stereocenters. The number of methoxy groups -OCH3 is 1. The number of aromatic carboxylic acids is 1. The molecule has 0 amide bonds. The highest BCUT2D eigenvalue weighted by atomic mass is 16.5. The van der Waals surface area contributed by atoms with Crippen molar-refractivity contribution < 1.29 is 23.9 Å². The monoisotopic (exact) mass is 275 g/mol. The Morgan fingerprint density at radius 2 is 2.25 bits per heavy atom. The first kappa shape index (κ1) is 12.5. The summed E-state index contributed by atoms with van der Waals surface area (Å²) in [5.41, 5.74) is 1.61. The topological polar surface area (TPSA) is 81.8 Å². The van der Waals surface area contributed by atoms with Crippen LogP contribution in [-0.4, -0.2) is 29.4 Å². The summed E-state index contributed by atoms with van der Waals surface area (Å²) in [5, 5.41) is 12.4. The highest BCUT2D eigenvalue weighted by molar-refractivity contribution is 5.86. The third kappa shape index (κ3) is 1.99. The van der Waals surface area contributed by atoms with Crippen LogP contribution in [0.2, 0.25) is 0 Å². The van der Waals surface area contributed by atoms with E-state index in [1.165, 1.54) is 6.07 Å². The van der Waals surface area contributed by atoms with Gasteiger partial charge in [0.25, 0.3) is 0 Å². The van der Waals surface area contributed by atoms with Gasteiger partial charge in [0, 0.05) is 23.6 Å². The standard InChI is InChI=1S/C14H13NO5/c1-7-3-9-4-8(5-12(18-2)13(9)19-7)11-6-10(14(16)17)15-20-11/h4-7H,3H2,1-2H3,(H,16,17). The first-order valence-electron chi connectivity index (χ1n) is 6.16. The molecule has 1 aromatic carbocycles. The van der Waals surface area contributed by atoms with Gasteiger partial charge in [0.15, 0.2) is 23.0 Å². The van der Waals surface area contributed by atoms with E-state index in [2.05, 4.69) is 5.16 Å². The molecule has 104 valence electrons. The Kier molecular flexibility index (Phi) is 2.85. The molecule has 1 aliphatic rings. The number of fused-ring (bicyclic) bond motifs is 1. The largest absolute Gasteiger partial charge is 0.493 e. The van der Waals surface area contributed by atoms with Crippen LogP contribution in [-0.2, 0) is 6.42 Å². The predicted octanol–water partition coefficient (Wildman–Crippen LogP) is 2.37. The van der Waals surface area contributed by atoms with E-state index in [1.807, 2.05) is 13.0 Å². The van der Waals surface area contributed by atoms with E-state index in [9.17, 15) is 4.79 Å². The van der Waals surface area contributed by atoms with Gasteiger partial charge in [-0.25, -0.2) is 4.79 Å². The van der Waals surface area contributed by atoms with Gasteiger partial charge < -0.3 is 19.1 Å². The van der Waals surface area contributed by atoms with Crippen LogP contribution < -0.4 is 9.47 Å². The maximum atomic E-state index is 10.8. The number of aromatic nitrogens is 1. The number of benzene rings is 1. The minimum atomic E-state index is -1.12. The molecule has 6 nitrogen and oxygen atoms in total. The van der Waals surface area contributed by atoms with Crippen molar-refractivity contribution >= 4 is 5.97 Å². The second-order valence-electron chi connectivity index (χ2n) is 4.68. The second-order valence-corrected chi connectivity index (χ2v) is 4.68. The average molecular weight is 275 g/mol. The maximum Gasteiger partial charge on any atom is 0.358 e. The molecular formula is C14H13NO5. The van der Waals surface area contributed by atoms with Gasteiger partial charge in [-0.15, -0.1) is 0 Å². The quantitative estimate of drug-likeness (QED) is 0.926. The normalized spacial score (nSPS) is 16.6. The zero-order valence-corrected chi connectivity index (χ0v) is 11.0. The smallest absolute Gasteiger partial charge is 0.358 e. The summed E-state index contributed by atoms with van der Waals surface area (Å²) < 4.78 is 16.1. The van der Waals surface area contributed by atoms with Crippen molar-refractivity contribution in [3.05, 3.63) is 29.5 Å². The van der Waals surface area contributed by atoms with Gasteiger partial charge in [-0.05, 0) is 19.1 Å². The summed E-state index contributed by atoms with van der Waals surface area (Å²) in [6.45, 7) is 1.98. The summed E-state index contributed by atoms with van der Waals surface area (Å²) in [7, 11) is 1.56. The van der Waals surface area contributed by atoms with Crippen molar-refractivity contribution in [1.82, 2.24) is 5.16 Å². The Balaban J connectivity index is 2.06. The second kappa shape index (κ2) is 4.56. The molecule has 2 heterocycles. The minimum Gasteiger partial charge on any atom is -0.493 e. The van der Waals surface area contributed by atoms with Crippen LogP contribution in [0.1, 0.15) is 23.0 Å². The number of rotatable bonds is 3. The predicted molar refractivity (Wildman–Crippen MR) is 69.2 cm³/mol. The zero-order valence-electron chi connectivity index (χ0n) is 11.0. The van der Waals surface area contributed by atoms with E-state index in [0.29, 0.717) is 11.5 Å². The Bertz CT molecular complexity index is 676. The number of carbonyl (C=O) groups is 1. The summed E-state index contributed by atoms with van der Waals surface area (Å²) in [4.78, 5) is 10.8. The molecule has 20 heavy (non-hydrogen) atoms. The van der Waals surface area contributed by atoms with Gasteiger partial charge in [-0.1, -0.05) is 5.16 Å². The van der Waals surface area contributed by atoms with Crippen molar-refractivity contribution in [1.29, 1.82) is 0 Å². The van der Waals surface area contributed by atoms with Crippen molar-refractivity contribution in [2.75, 3.05) is 7.11 Å². The molecule has 0 spiro atoms. The number of nitrogens with zero attached hydrogens (tertiary/aromatic N) is 1. The van der Waals surface area contributed by atoms with Crippen LogP contribution in [0.25, 0.3) is 11.3 Å². The minimum absolute atomic E-state index is 0.0958. The lowest BCUT2D eigenvalue weighted by molar-refractivity contribution is 0.0686. The molecule has 0 bridgehead atoms. The fourth-order valence-corrected chi connectivity index (χ4v) is 2.30. The molecule has 2 aromatic rings. The first-order chi connectivity index (χ1) is 9.58. The fraction of sp³-hybridized carbons (Fsp3) is 0.286. The lowest BCUT2D eigenvalue weighted by atomic mass is 10.0. The SMILES string of the molecule is COc1cc(-c2cc(C(=O)O)no2)cc2c1OC(C)C2. The van der Waals surface area contributed by atoms with E-state index in [4.69, 9.17) is 19.1 Å². The zero-order chi connectivity index (χ0) is 14.3. The van der Waals surface area contributed by atoms with Crippen molar-refractivity contribution in [3.63, 3.8) is 0 Å². The molecular weight excluding hydrogens is 262 g/mol. The molecule has 0 saturated heterocycles. The van der Waals surface area contributed by atoms with Crippen molar-refractivity contribution in [2.24, 2.45) is 0 Å². The molecule has 1 aliphatic heterocycles. The van der Waals surface area contributed by atoms with Crippen LogP contribution in [0.3, 0.4) is 0 Å². The highest BCUT2D eigenvalue weighted by Gasteiger charge is 2.25. The van der Waals surface area contributed by atoms with Gasteiger partial charge in [0.05, 0.1) is 7.11 Å². The molecule has 0 aliphatic carbocycles. The number of hydrogen-bond donors (Lipinski definition) is 1. The molecule has 6 heteroatoms. The lowest BCUT2D eigenvalue weighted by Crippen LogP contribution is -2.05. The summed E-state index contributed by atoms with van der Waals surface area (Å²) in [6, 6.07) is 5.05. The first-order valence-corrected chi connectivity index (χ1v) is 6.16. The van der Waals surface area contributed by atoms with Crippen molar-refractivity contribution in [2.45, 2.75) is 19.4 Å². The van der Waals surface area contributed by atoms with Crippen LogP contribution >= 0.6 is 0 Å². The number of carboxylic acid groups (broad SMARTS) is 1. The Morgan fingerprint density at radius 1 is 1.45 bits per heavy atom. The van der Waals surface area contributed by atoms with E-state index in [1.54, 1.807) is 13.2 Å². The van der Waals surface area contributed by atoms with Crippen LogP contribution in [0.15, 0.2) is 22.7 Å². The molecule has 1 N–H and O–H groups in total. The Labute approximate surface area is 114 Å². The summed E-state index contributed by atoms with van der Waals surface area (Å²) in [6.07, 6.45) is 0.873. The number of carboxylic acids is 1. The average Bonchev–Trinajstić information content (AvgIpc) is 3.02. The highest BCUT2D eigenvalue weighted by Crippen LogP contribution is 2.41. The summed E-state index contributed by atoms with van der Waals surface area (Å²) in [5.74, 6) is 0.616. The molecule has 1 aromatic heterocycles. The van der Waals surface area contributed by atoms with Crippen LogP contribution in [0, 0.1) is 0 Å². The van der Waals surface area contributed by atoms with Crippen LogP contribution in [0.4, 0.5) is 0 Å². The van der Waals surface area contributed by atoms with E-state index in [0.717, 1.165) is 23.3 Å². The molecule has 1 atom stereocenters. The van der Waals surface area contributed by atoms with Crippen LogP contribution in [0.5, 0.6) is 11.5 Å². The number of hydrogen-bond acceptors (Lipinski definition) is 5. The fourth-order valence-electron chi connectivity index (χ4n) is 2.30. The number of ether oxygens (including phenoxy) is 2. The maximum absolute atomic E-state index is 10.8. The molecule has 3 rings (SSSR count). The van der Waals surface area contributed by atoms with Gasteiger partial charge in [-0.3, -0.25) is 0 Å². The van der Waals surface area contributed by atoms with Gasteiger partial charge in [-0.2, -0.15) is 0 Å². The molecule has 0 saturated carbocycles. The van der Waals surface area contributed by atoms with Crippen molar-refractivity contribution in [3.8, 4) is 22.8 Å². The molecule has 0 fully saturated rings. The van der Waals surface area contributed by atoms with Gasteiger partial charge in [0.1, 0.15) is 6.10 Å². The lowest BCUT2D eigenvalue weighted by Gasteiger charge is -2.09. The van der Waals surface area contributed by atoms with E-state index >= 15 is 0 Å². The summed E-state index contributed by atoms with van der Waals surface area (Å²) >= 11 is 0. The van der Waals surface area contributed by atoms with E-state index < -0.39 is 5.97 Å². The molecule has 0 radical (unpaired) electrons. The Hall–Kier alpha value is -2.50. The van der Waals surface area contributed by atoms with Gasteiger partial charge >= 0.3 is 5.97 Å². The van der Waals surface area contributed by atoms with Gasteiger partial charge in [0.2, 0.25) is 0 Å². The third-order valence-corrected chi connectivity index (χ3v) is 3.19. The Morgan fingerprint density at radius 3 is 2.90 bits per heavy atom. The third-order valence-electron chi connectivity index (χ3n) is 3.19. The van der Waals surface area contributed by atoms with E-state index in [-0.39, 0.29) is 11.8 Å².